The second kappa shape index (κ2) is 6.12. The van der Waals surface area contributed by atoms with Crippen molar-refractivity contribution in [2.45, 2.75) is 52.5 Å². The van der Waals surface area contributed by atoms with Gasteiger partial charge in [-0.15, -0.1) is 5.10 Å². The highest BCUT2D eigenvalue weighted by Crippen LogP contribution is 2.56. The highest BCUT2D eigenvalue weighted by molar-refractivity contribution is 8.15. The van der Waals surface area contributed by atoms with E-state index in [9.17, 15) is 14.4 Å². The number of anilines is 1. The molecule has 3 rings (SSSR count). The van der Waals surface area contributed by atoms with Crippen LogP contribution in [-0.2, 0) is 19.3 Å². The molecule has 0 aliphatic carbocycles. The Morgan fingerprint density at radius 1 is 1.23 bits per heavy atom. The molecule has 1 N–H and O–H groups in total. The predicted octanol–water partition coefficient (Wildman–Crippen LogP) is 2.21. The first-order valence-electron chi connectivity index (χ1n) is 8.41. The summed E-state index contributed by atoms with van der Waals surface area (Å²) >= 11 is 1.11. The summed E-state index contributed by atoms with van der Waals surface area (Å²) in [5.41, 5.74) is 3.51. The summed E-state index contributed by atoms with van der Waals surface area (Å²) in [6.45, 7) is 10.5. The summed E-state index contributed by atoms with van der Waals surface area (Å²) in [6, 6.07) is 3.87. The quantitative estimate of drug-likeness (QED) is 0.817. The Morgan fingerprint density at radius 2 is 1.88 bits per heavy atom. The number of hydrogen-bond acceptors (Lipinski definition) is 5. The van der Waals surface area contributed by atoms with E-state index in [-0.39, 0.29) is 28.9 Å². The Morgan fingerprint density at radius 3 is 2.42 bits per heavy atom. The van der Waals surface area contributed by atoms with Gasteiger partial charge in [0.05, 0.1) is 5.69 Å². The number of hydrogen-bond donors (Lipinski definition) is 1. The number of aryl methyl sites for hydroxylation is 2. The van der Waals surface area contributed by atoms with Crippen molar-refractivity contribution in [3.05, 3.63) is 28.8 Å². The zero-order valence-electron chi connectivity index (χ0n) is 15.7. The Labute approximate surface area is 156 Å². The van der Waals surface area contributed by atoms with Crippen LogP contribution in [0.25, 0.3) is 0 Å². The van der Waals surface area contributed by atoms with Crippen LogP contribution in [0.15, 0.2) is 17.2 Å². The topological polar surface area (TPSA) is 82.1 Å². The maximum atomic E-state index is 13.6. The molecule has 2 aliphatic heterocycles. The number of carbonyl (C=O) groups is 3. The van der Waals surface area contributed by atoms with Crippen molar-refractivity contribution in [1.82, 2.24) is 10.3 Å². The van der Waals surface area contributed by atoms with Crippen LogP contribution in [0.3, 0.4) is 0 Å². The molecule has 0 fully saturated rings. The van der Waals surface area contributed by atoms with Crippen molar-refractivity contribution in [3.63, 3.8) is 0 Å². The van der Waals surface area contributed by atoms with E-state index in [1.807, 2.05) is 39.8 Å². The number of nitrogens with one attached hydrogen (secondary N) is 1. The maximum absolute atomic E-state index is 13.6. The van der Waals surface area contributed by atoms with Gasteiger partial charge in [-0.05, 0) is 45.0 Å². The van der Waals surface area contributed by atoms with Crippen LogP contribution in [0, 0.1) is 13.8 Å². The Balaban J connectivity index is 2.26. The molecule has 1 aromatic carbocycles. The van der Waals surface area contributed by atoms with E-state index in [4.69, 9.17) is 0 Å². The third kappa shape index (κ3) is 2.51. The van der Waals surface area contributed by atoms with Gasteiger partial charge < -0.3 is 10.2 Å². The lowest BCUT2D eigenvalue weighted by atomic mass is 10.0. The number of amides is 3. The summed E-state index contributed by atoms with van der Waals surface area (Å²) < 4.78 is 0. The number of amidine groups is 1. The predicted molar refractivity (Wildman–Crippen MR) is 102 cm³/mol. The summed E-state index contributed by atoms with van der Waals surface area (Å²) in [5, 5.41) is 8.31. The zero-order valence-corrected chi connectivity index (χ0v) is 16.5. The largest absolute Gasteiger partial charge is 0.306 e. The molecule has 1 spiro atoms. The number of thioether (sulfide) groups is 1. The first-order chi connectivity index (χ1) is 12.1. The van der Waals surface area contributed by atoms with E-state index in [2.05, 4.69) is 10.4 Å². The monoisotopic (exact) mass is 374 g/mol. The summed E-state index contributed by atoms with van der Waals surface area (Å²) in [7, 11) is 0. The van der Waals surface area contributed by atoms with Crippen LogP contribution in [0.4, 0.5) is 5.69 Å². The van der Waals surface area contributed by atoms with Crippen LogP contribution < -0.4 is 10.2 Å². The fourth-order valence-electron chi connectivity index (χ4n) is 3.57. The second-order valence-electron chi connectivity index (χ2n) is 6.91. The summed E-state index contributed by atoms with van der Waals surface area (Å²) in [4.78, 5) is 37.8. The Bertz CT molecular complexity index is 864. The van der Waals surface area contributed by atoms with E-state index in [1.54, 1.807) is 4.90 Å². The third-order valence-electron chi connectivity index (χ3n) is 4.39. The SMILES string of the molecule is CC(=O)NC1=NN(C(C)=O)C2(S1)C(=O)N(C(C)C)c1c(C)cc(C)cc12. The number of benzene rings is 1. The van der Waals surface area contributed by atoms with Gasteiger partial charge in [-0.25, -0.2) is 0 Å². The van der Waals surface area contributed by atoms with Crippen molar-refractivity contribution in [2.24, 2.45) is 5.10 Å². The van der Waals surface area contributed by atoms with E-state index in [1.165, 1.54) is 18.9 Å². The number of hydrazone groups is 1. The average Bonchev–Trinajstić information content (AvgIpc) is 2.98. The highest BCUT2D eigenvalue weighted by Gasteiger charge is 2.61. The molecule has 1 aromatic rings. The molecule has 0 bridgehead atoms. The van der Waals surface area contributed by atoms with Gasteiger partial charge in [0.2, 0.25) is 16.7 Å². The van der Waals surface area contributed by atoms with Gasteiger partial charge in [0, 0.05) is 25.5 Å². The maximum Gasteiger partial charge on any atom is 0.271 e. The molecule has 0 saturated heterocycles. The minimum Gasteiger partial charge on any atom is -0.306 e. The number of rotatable bonds is 1. The summed E-state index contributed by atoms with van der Waals surface area (Å²) in [6.07, 6.45) is 0. The van der Waals surface area contributed by atoms with Crippen molar-refractivity contribution >= 4 is 40.3 Å². The fraction of sp³-hybridized carbons (Fsp3) is 0.444. The van der Waals surface area contributed by atoms with Crippen LogP contribution in [0.5, 0.6) is 0 Å². The standard InChI is InChI=1S/C18H22N4O3S/c1-9(2)21-15-11(4)7-10(3)8-14(15)18(16(21)25)22(13(6)24)20-17(26-18)19-12(5)23/h7-9H,1-6H3,(H,19,20,23). The lowest BCUT2D eigenvalue weighted by Gasteiger charge is -2.30. The molecule has 26 heavy (non-hydrogen) atoms. The number of fused-ring (bicyclic) bond motifs is 2. The minimum atomic E-state index is -1.32. The van der Waals surface area contributed by atoms with Crippen molar-refractivity contribution in [2.75, 3.05) is 4.90 Å². The lowest BCUT2D eigenvalue weighted by molar-refractivity contribution is -0.139. The molecule has 2 aliphatic rings. The molecule has 8 heteroatoms. The molecule has 7 nitrogen and oxygen atoms in total. The highest BCUT2D eigenvalue weighted by atomic mass is 32.2. The van der Waals surface area contributed by atoms with Crippen LogP contribution in [0.2, 0.25) is 0 Å². The van der Waals surface area contributed by atoms with Crippen molar-refractivity contribution in [3.8, 4) is 0 Å². The van der Waals surface area contributed by atoms with Gasteiger partial charge in [0.25, 0.3) is 5.91 Å². The molecule has 138 valence electrons. The minimum absolute atomic E-state index is 0.0822. The molecular formula is C18H22N4O3S. The average molecular weight is 374 g/mol. The summed E-state index contributed by atoms with van der Waals surface area (Å²) in [5.74, 6) is -0.883. The van der Waals surface area contributed by atoms with Crippen LogP contribution in [-0.4, -0.2) is 33.9 Å². The normalized spacial score (nSPS) is 21.5. The molecule has 2 heterocycles. The molecule has 0 aromatic heterocycles. The number of nitrogens with zero attached hydrogens (tertiary/aromatic N) is 3. The third-order valence-corrected chi connectivity index (χ3v) is 5.63. The van der Waals surface area contributed by atoms with E-state index < -0.39 is 4.87 Å². The van der Waals surface area contributed by atoms with Gasteiger partial charge in [-0.2, -0.15) is 5.01 Å². The Kier molecular flexibility index (Phi) is 4.34. The molecule has 1 atom stereocenters. The Hall–Kier alpha value is -2.35. The van der Waals surface area contributed by atoms with E-state index in [0.717, 1.165) is 34.1 Å². The zero-order chi connectivity index (χ0) is 19.4. The molecule has 0 saturated carbocycles. The van der Waals surface area contributed by atoms with Crippen molar-refractivity contribution in [1.29, 1.82) is 0 Å². The smallest absolute Gasteiger partial charge is 0.271 e. The lowest BCUT2D eigenvalue weighted by Crippen LogP contribution is -2.50. The van der Waals surface area contributed by atoms with Gasteiger partial charge in [-0.1, -0.05) is 17.7 Å². The number of carbonyl (C=O) groups excluding carboxylic acids is 3. The van der Waals surface area contributed by atoms with Crippen LogP contribution >= 0.6 is 11.8 Å². The first kappa shape index (κ1) is 18.4. The molecule has 0 radical (unpaired) electrons. The van der Waals surface area contributed by atoms with E-state index in [0.29, 0.717) is 0 Å². The van der Waals surface area contributed by atoms with Gasteiger partial charge in [-0.3, -0.25) is 14.4 Å². The van der Waals surface area contributed by atoms with Crippen LogP contribution in [0.1, 0.15) is 44.4 Å². The molecule has 3 amide bonds. The molecular weight excluding hydrogens is 352 g/mol. The van der Waals surface area contributed by atoms with Gasteiger partial charge in [0.1, 0.15) is 0 Å². The van der Waals surface area contributed by atoms with E-state index >= 15 is 0 Å². The molecule has 1 unspecified atom stereocenters. The van der Waals surface area contributed by atoms with Crippen molar-refractivity contribution < 1.29 is 14.4 Å². The van der Waals surface area contributed by atoms with Gasteiger partial charge in [0.15, 0.2) is 5.17 Å². The first-order valence-corrected chi connectivity index (χ1v) is 9.22. The fourth-order valence-corrected chi connectivity index (χ4v) is 4.88. The second-order valence-corrected chi connectivity index (χ2v) is 8.09. The van der Waals surface area contributed by atoms with Gasteiger partial charge >= 0.3 is 0 Å².